The number of carbonyl (C=O) groups excluding carboxylic acids is 1. The van der Waals surface area contributed by atoms with Gasteiger partial charge in [0.15, 0.2) is 5.82 Å². The summed E-state index contributed by atoms with van der Waals surface area (Å²) in [5.74, 6) is 0.598. The lowest BCUT2D eigenvalue weighted by atomic mass is 9.98. The Hall–Kier alpha value is -2.86. The summed E-state index contributed by atoms with van der Waals surface area (Å²) in [6.45, 7) is 0.585. The maximum Gasteiger partial charge on any atom is 0.231 e. The summed E-state index contributed by atoms with van der Waals surface area (Å²) in [7, 11) is 0. The molecule has 2 aromatic heterocycles. The van der Waals surface area contributed by atoms with Crippen LogP contribution in [0.2, 0.25) is 5.02 Å². The average molecular weight is 369 g/mol. The van der Waals surface area contributed by atoms with Crippen molar-refractivity contribution in [3.8, 4) is 17.0 Å². The van der Waals surface area contributed by atoms with Crippen LogP contribution >= 0.6 is 11.6 Å². The summed E-state index contributed by atoms with van der Waals surface area (Å²) in [5.41, 5.74) is 2.57. The standard InChI is InChI=1S/C19H17ClN4O2/c20-16-17(13-5-8-21-9-6-13)22-23-18(16)24-10-7-14(19(24)26)11-12-1-3-15(25)4-2-12/h1-6,8-9,14,25H,7,10-11H2,(H,22,23). The Kier molecular flexibility index (Phi) is 4.34. The lowest BCUT2D eigenvalue weighted by Gasteiger charge is -2.14. The SMILES string of the molecule is O=C1C(Cc2ccc(O)cc2)CCN1c1n[nH]c(-c2ccncc2)c1Cl. The van der Waals surface area contributed by atoms with Gasteiger partial charge in [0.2, 0.25) is 5.91 Å². The van der Waals surface area contributed by atoms with Crippen LogP contribution in [0.5, 0.6) is 5.75 Å². The molecule has 132 valence electrons. The van der Waals surface area contributed by atoms with E-state index in [4.69, 9.17) is 11.6 Å². The summed E-state index contributed by atoms with van der Waals surface area (Å²) < 4.78 is 0. The van der Waals surface area contributed by atoms with Crippen LogP contribution in [-0.4, -0.2) is 32.7 Å². The van der Waals surface area contributed by atoms with Gasteiger partial charge in [-0.15, -0.1) is 0 Å². The third-order valence-corrected chi connectivity index (χ3v) is 5.01. The van der Waals surface area contributed by atoms with Crippen molar-refractivity contribution in [3.05, 3.63) is 59.4 Å². The van der Waals surface area contributed by atoms with Gasteiger partial charge in [-0.3, -0.25) is 19.8 Å². The molecule has 4 rings (SSSR count). The van der Waals surface area contributed by atoms with Crippen molar-refractivity contribution in [1.82, 2.24) is 15.2 Å². The number of aromatic nitrogens is 3. The van der Waals surface area contributed by atoms with E-state index in [1.54, 1.807) is 29.4 Å². The Morgan fingerprint density at radius 1 is 1.19 bits per heavy atom. The molecule has 0 saturated carbocycles. The lowest BCUT2D eigenvalue weighted by Crippen LogP contribution is -2.28. The Bertz CT molecular complexity index is 924. The van der Waals surface area contributed by atoms with Crippen molar-refractivity contribution in [2.45, 2.75) is 12.8 Å². The molecule has 0 bridgehead atoms. The van der Waals surface area contributed by atoms with Crippen LogP contribution in [0.3, 0.4) is 0 Å². The summed E-state index contributed by atoms with van der Waals surface area (Å²) >= 11 is 6.49. The highest BCUT2D eigenvalue weighted by Crippen LogP contribution is 2.36. The fourth-order valence-corrected chi connectivity index (χ4v) is 3.56. The van der Waals surface area contributed by atoms with Crippen molar-refractivity contribution >= 4 is 23.3 Å². The predicted molar refractivity (Wildman–Crippen MR) is 99.1 cm³/mol. The molecule has 0 spiro atoms. The number of pyridine rings is 1. The van der Waals surface area contributed by atoms with Gasteiger partial charge < -0.3 is 5.11 Å². The van der Waals surface area contributed by atoms with E-state index in [-0.39, 0.29) is 17.6 Å². The average Bonchev–Trinajstić information content (AvgIpc) is 3.21. The Morgan fingerprint density at radius 3 is 2.65 bits per heavy atom. The van der Waals surface area contributed by atoms with Crippen molar-refractivity contribution < 1.29 is 9.90 Å². The topological polar surface area (TPSA) is 82.1 Å². The van der Waals surface area contributed by atoms with E-state index in [9.17, 15) is 9.90 Å². The largest absolute Gasteiger partial charge is 0.508 e. The number of amides is 1. The number of rotatable bonds is 4. The molecule has 1 atom stereocenters. The minimum Gasteiger partial charge on any atom is -0.508 e. The van der Waals surface area contributed by atoms with E-state index < -0.39 is 0 Å². The summed E-state index contributed by atoms with van der Waals surface area (Å²) in [6, 6.07) is 10.6. The first-order chi connectivity index (χ1) is 12.6. The molecule has 7 heteroatoms. The highest BCUT2D eigenvalue weighted by molar-refractivity contribution is 6.36. The molecular weight excluding hydrogens is 352 g/mol. The molecule has 1 fully saturated rings. The van der Waals surface area contributed by atoms with Crippen LogP contribution < -0.4 is 4.90 Å². The molecule has 1 amide bonds. The van der Waals surface area contributed by atoms with Crippen LogP contribution in [0.1, 0.15) is 12.0 Å². The Morgan fingerprint density at radius 2 is 1.92 bits per heavy atom. The van der Waals surface area contributed by atoms with Crippen molar-refractivity contribution in [1.29, 1.82) is 0 Å². The minimum atomic E-state index is -0.114. The van der Waals surface area contributed by atoms with E-state index in [0.717, 1.165) is 17.5 Å². The van der Waals surface area contributed by atoms with Gasteiger partial charge in [-0.1, -0.05) is 23.7 Å². The molecule has 1 unspecified atom stereocenters. The van der Waals surface area contributed by atoms with Gasteiger partial charge in [0.05, 0.1) is 5.69 Å². The van der Waals surface area contributed by atoms with Gasteiger partial charge >= 0.3 is 0 Å². The number of aromatic amines is 1. The number of carbonyl (C=O) groups is 1. The molecule has 3 aromatic rings. The third-order valence-electron chi connectivity index (χ3n) is 4.65. The third kappa shape index (κ3) is 3.04. The molecule has 0 radical (unpaired) electrons. The van der Waals surface area contributed by atoms with Gasteiger partial charge in [0.1, 0.15) is 10.8 Å². The number of halogens is 1. The van der Waals surface area contributed by atoms with Gasteiger partial charge in [-0.2, -0.15) is 5.10 Å². The smallest absolute Gasteiger partial charge is 0.231 e. The van der Waals surface area contributed by atoms with Crippen LogP contribution in [0.4, 0.5) is 5.82 Å². The number of nitrogens with one attached hydrogen (secondary N) is 1. The Labute approximate surface area is 155 Å². The first-order valence-corrected chi connectivity index (χ1v) is 8.75. The second kappa shape index (κ2) is 6.80. The molecular formula is C19H17ClN4O2. The molecule has 1 saturated heterocycles. The highest BCUT2D eigenvalue weighted by atomic mass is 35.5. The lowest BCUT2D eigenvalue weighted by molar-refractivity contribution is -0.120. The number of benzene rings is 1. The fraction of sp³-hybridized carbons (Fsp3) is 0.211. The molecule has 6 nitrogen and oxygen atoms in total. The molecule has 1 aliphatic heterocycles. The van der Waals surface area contributed by atoms with Crippen molar-refractivity contribution in [2.24, 2.45) is 5.92 Å². The second-order valence-corrected chi connectivity index (χ2v) is 6.70. The van der Waals surface area contributed by atoms with Crippen molar-refractivity contribution in [2.75, 3.05) is 11.4 Å². The van der Waals surface area contributed by atoms with E-state index in [1.807, 2.05) is 24.3 Å². The predicted octanol–water partition coefficient (Wildman–Crippen LogP) is 3.43. The van der Waals surface area contributed by atoms with E-state index in [2.05, 4.69) is 15.2 Å². The number of phenols is 1. The number of aromatic hydroxyl groups is 1. The molecule has 0 aliphatic carbocycles. The van der Waals surface area contributed by atoms with Gasteiger partial charge in [-0.05, 0) is 42.7 Å². The normalized spacial score (nSPS) is 17.0. The molecule has 26 heavy (non-hydrogen) atoms. The van der Waals surface area contributed by atoms with Crippen LogP contribution in [0, 0.1) is 5.92 Å². The maximum atomic E-state index is 12.8. The second-order valence-electron chi connectivity index (χ2n) is 6.32. The number of H-pyrrole nitrogens is 1. The van der Waals surface area contributed by atoms with E-state index in [1.165, 1.54) is 0 Å². The van der Waals surface area contributed by atoms with Crippen LogP contribution in [-0.2, 0) is 11.2 Å². The fourth-order valence-electron chi connectivity index (χ4n) is 3.26. The summed E-state index contributed by atoms with van der Waals surface area (Å²) in [6.07, 6.45) is 4.74. The zero-order valence-electron chi connectivity index (χ0n) is 13.9. The Balaban J connectivity index is 1.53. The monoisotopic (exact) mass is 368 g/mol. The molecule has 1 aromatic carbocycles. The van der Waals surface area contributed by atoms with Gasteiger partial charge in [-0.25, -0.2) is 0 Å². The molecule has 3 heterocycles. The molecule has 1 aliphatic rings. The molecule has 2 N–H and O–H groups in total. The number of nitrogens with zero attached hydrogens (tertiary/aromatic N) is 3. The maximum absolute atomic E-state index is 12.8. The van der Waals surface area contributed by atoms with Crippen LogP contribution in [0.25, 0.3) is 11.3 Å². The number of anilines is 1. The zero-order chi connectivity index (χ0) is 18.1. The highest BCUT2D eigenvalue weighted by Gasteiger charge is 2.35. The first kappa shape index (κ1) is 16.6. The first-order valence-electron chi connectivity index (χ1n) is 8.37. The quantitative estimate of drug-likeness (QED) is 0.739. The zero-order valence-corrected chi connectivity index (χ0v) is 14.6. The summed E-state index contributed by atoms with van der Waals surface area (Å²) in [5, 5.41) is 17.0. The number of hydrogen-bond donors (Lipinski definition) is 2. The van der Waals surface area contributed by atoms with Gasteiger partial charge in [0, 0.05) is 30.4 Å². The van der Waals surface area contributed by atoms with E-state index >= 15 is 0 Å². The van der Waals surface area contributed by atoms with Gasteiger partial charge in [0.25, 0.3) is 0 Å². The number of hydrogen-bond acceptors (Lipinski definition) is 4. The minimum absolute atomic E-state index is 0.0211. The van der Waals surface area contributed by atoms with Crippen LogP contribution in [0.15, 0.2) is 48.8 Å². The summed E-state index contributed by atoms with van der Waals surface area (Å²) in [4.78, 5) is 18.5. The van der Waals surface area contributed by atoms with Crippen molar-refractivity contribution in [3.63, 3.8) is 0 Å². The number of phenolic OH excluding ortho intramolecular Hbond substituents is 1. The van der Waals surface area contributed by atoms with E-state index in [0.29, 0.717) is 29.5 Å².